The van der Waals surface area contributed by atoms with Crippen molar-refractivity contribution in [1.82, 2.24) is 0 Å². The van der Waals surface area contributed by atoms with Gasteiger partial charge in [0.1, 0.15) is 0 Å². The van der Waals surface area contributed by atoms with Gasteiger partial charge in [0.05, 0.1) is 0 Å². The Kier molecular flexibility index (Phi) is 2.70. The summed E-state index contributed by atoms with van der Waals surface area (Å²) < 4.78 is 0. The third-order valence-electron chi connectivity index (χ3n) is 3.62. The normalized spacial score (nSPS) is 17.6. The molecule has 0 heterocycles. The lowest BCUT2D eigenvalue weighted by Gasteiger charge is -2.23. The monoisotopic (exact) mass is 225 g/mol. The Balaban J connectivity index is 2.69. The fraction of sp³-hybridized carbons (Fsp3) is 0.250. The summed E-state index contributed by atoms with van der Waals surface area (Å²) in [5.74, 6) is 0. The molecule has 88 valence electrons. The third kappa shape index (κ3) is 1.62. The van der Waals surface area contributed by atoms with Gasteiger partial charge in [-0.25, -0.2) is 0 Å². The van der Waals surface area contributed by atoms with Gasteiger partial charge in [0.15, 0.2) is 0 Å². The minimum absolute atomic E-state index is 0.0221. The van der Waals surface area contributed by atoms with Crippen molar-refractivity contribution in [2.45, 2.75) is 26.2 Å². The number of allylic oxidation sites excluding steroid dienone is 5. The molecule has 0 aliphatic heterocycles. The van der Waals surface area contributed by atoms with Crippen LogP contribution in [0.15, 0.2) is 48.6 Å². The van der Waals surface area contributed by atoms with Gasteiger partial charge >= 0.3 is 0 Å². The molecule has 17 heavy (non-hydrogen) atoms. The molecule has 2 rings (SSSR count). The second kappa shape index (κ2) is 3.92. The maximum atomic E-state index is 6.10. The second-order valence-electron chi connectivity index (χ2n) is 5.03. The molecule has 1 aromatic rings. The van der Waals surface area contributed by atoms with Crippen molar-refractivity contribution >= 4 is 11.3 Å². The number of fused-ring (bicyclic) bond motifs is 1. The van der Waals surface area contributed by atoms with Crippen LogP contribution in [0.1, 0.15) is 31.9 Å². The second-order valence-corrected chi connectivity index (χ2v) is 5.03. The largest absolute Gasteiger partial charge is 0.398 e. The molecule has 0 saturated heterocycles. The van der Waals surface area contributed by atoms with Crippen LogP contribution in [-0.4, -0.2) is 0 Å². The quantitative estimate of drug-likeness (QED) is 0.595. The lowest BCUT2D eigenvalue weighted by atomic mass is 9.81. The van der Waals surface area contributed by atoms with Crippen molar-refractivity contribution in [3.63, 3.8) is 0 Å². The minimum Gasteiger partial charge on any atom is -0.398 e. The third-order valence-corrected chi connectivity index (χ3v) is 3.62. The molecule has 0 aromatic heterocycles. The summed E-state index contributed by atoms with van der Waals surface area (Å²) in [6, 6.07) is 6.17. The highest BCUT2D eigenvalue weighted by atomic mass is 14.6. The molecule has 1 heteroatoms. The van der Waals surface area contributed by atoms with E-state index in [0.29, 0.717) is 0 Å². The first-order valence-electron chi connectivity index (χ1n) is 5.90. The molecule has 0 spiro atoms. The summed E-state index contributed by atoms with van der Waals surface area (Å²) >= 11 is 0. The van der Waals surface area contributed by atoms with E-state index in [1.807, 2.05) is 24.3 Å². The number of anilines is 1. The fourth-order valence-electron chi connectivity index (χ4n) is 2.76. The van der Waals surface area contributed by atoms with E-state index in [-0.39, 0.29) is 5.41 Å². The number of hydrogen-bond donors (Lipinski definition) is 1. The van der Waals surface area contributed by atoms with Gasteiger partial charge in [-0.2, -0.15) is 0 Å². The minimum atomic E-state index is 0.0221. The maximum Gasteiger partial charge on any atom is 0.0393 e. The molecule has 0 bridgehead atoms. The van der Waals surface area contributed by atoms with Crippen molar-refractivity contribution in [2.75, 3.05) is 5.73 Å². The first-order valence-corrected chi connectivity index (χ1v) is 5.90. The molecule has 1 aliphatic rings. The first kappa shape index (κ1) is 11.7. The Morgan fingerprint density at radius 2 is 2.00 bits per heavy atom. The van der Waals surface area contributed by atoms with E-state index in [2.05, 4.69) is 39.5 Å². The van der Waals surface area contributed by atoms with Gasteiger partial charge in [-0.15, -0.1) is 0 Å². The van der Waals surface area contributed by atoms with Gasteiger partial charge in [-0.05, 0) is 29.7 Å². The van der Waals surface area contributed by atoms with E-state index < -0.39 is 0 Å². The lowest BCUT2D eigenvalue weighted by Crippen LogP contribution is -2.16. The summed E-state index contributed by atoms with van der Waals surface area (Å²) in [7, 11) is 0. The number of hydrogen-bond acceptors (Lipinski definition) is 1. The smallest absolute Gasteiger partial charge is 0.0393 e. The first-order chi connectivity index (χ1) is 8.00. The molecule has 0 radical (unpaired) electrons. The molecule has 1 aromatic carbocycles. The summed E-state index contributed by atoms with van der Waals surface area (Å²) in [6.45, 7) is 10.4. The van der Waals surface area contributed by atoms with E-state index in [4.69, 9.17) is 5.73 Å². The van der Waals surface area contributed by atoms with Crippen molar-refractivity contribution in [2.24, 2.45) is 0 Å². The fourth-order valence-corrected chi connectivity index (χ4v) is 2.76. The zero-order valence-corrected chi connectivity index (χ0v) is 10.7. The van der Waals surface area contributed by atoms with Gasteiger partial charge in [0.2, 0.25) is 0 Å². The maximum absolute atomic E-state index is 6.10. The molecule has 2 N–H and O–H groups in total. The summed E-state index contributed by atoms with van der Waals surface area (Å²) in [4.78, 5) is 0. The Hall–Kier alpha value is -1.76. The van der Waals surface area contributed by atoms with Gasteiger partial charge in [0, 0.05) is 16.7 Å². The molecule has 0 fully saturated rings. The number of rotatable bonds is 2. The standard InChI is InChI=1S/C16H19N/c1-5-6-8-12-11(2)15-13(16(12,3)4)9-7-10-14(15)17/h5-10H,1,17H2,2-4H3/b8-6-. The number of nitrogen functional groups attached to an aromatic ring is 1. The Bertz CT molecular complexity index is 530. The van der Waals surface area contributed by atoms with Crippen LogP contribution in [0, 0.1) is 0 Å². The van der Waals surface area contributed by atoms with E-state index >= 15 is 0 Å². The highest BCUT2D eigenvalue weighted by molar-refractivity contribution is 5.87. The van der Waals surface area contributed by atoms with Crippen LogP contribution >= 0.6 is 0 Å². The average Bonchev–Trinajstić information content (AvgIpc) is 2.46. The van der Waals surface area contributed by atoms with Gasteiger partial charge in [-0.1, -0.05) is 50.8 Å². The zero-order chi connectivity index (χ0) is 12.6. The van der Waals surface area contributed by atoms with Crippen LogP contribution in [0.5, 0.6) is 0 Å². The molecule has 0 unspecified atom stereocenters. The zero-order valence-electron chi connectivity index (χ0n) is 10.7. The predicted molar refractivity (Wildman–Crippen MR) is 75.8 cm³/mol. The summed E-state index contributed by atoms with van der Waals surface area (Å²) in [6.07, 6.45) is 5.94. The van der Waals surface area contributed by atoms with E-state index in [0.717, 1.165) is 5.69 Å². The van der Waals surface area contributed by atoms with Crippen molar-refractivity contribution < 1.29 is 0 Å². The SMILES string of the molecule is C=C/C=C\C1=C(C)c2c(N)cccc2C1(C)C. The molecule has 0 atom stereocenters. The van der Waals surface area contributed by atoms with E-state index in [1.54, 1.807) is 0 Å². The van der Waals surface area contributed by atoms with Crippen LogP contribution in [0.3, 0.4) is 0 Å². The average molecular weight is 225 g/mol. The molecular weight excluding hydrogens is 206 g/mol. The molecule has 0 amide bonds. The van der Waals surface area contributed by atoms with Crippen molar-refractivity contribution in [1.29, 1.82) is 0 Å². The van der Waals surface area contributed by atoms with E-state index in [9.17, 15) is 0 Å². The highest BCUT2D eigenvalue weighted by Crippen LogP contribution is 2.48. The highest BCUT2D eigenvalue weighted by Gasteiger charge is 2.35. The predicted octanol–water partition coefficient (Wildman–Crippen LogP) is 4.08. The Morgan fingerprint density at radius 3 is 2.59 bits per heavy atom. The molecule has 1 aliphatic carbocycles. The van der Waals surface area contributed by atoms with Crippen LogP contribution in [-0.2, 0) is 5.41 Å². The number of benzene rings is 1. The van der Waals surface area contributed by atoms with Crippen molar-refractivity contribution in [3.05, 3.63) is 59.7 Å². The van der Waals surface area contributed by atoms with Crippen LogP contribution in [0.4, 0.5) is 5.69 Å². The Morgan fingerprint density at radius 1 is 1.29 bits per heavy atom. The van der Waals surface area contributed by atoms with Gasteiger partial charge in [-0.3, -0.25) is 0 Å². The van der Waals surface area contributed by atoms with Crippen molar-refractivity contribution in [3.8, 4) is 0 Å². The lowest BCUT2D eigenvalue weighted by molar-refractivity contribution is 0.654. The van der Waals surface area contributed by atoms with E-state index in [1.165, 1.54) is 22.3 Å². The number of nitrogens with two attached hydrogens (primary N) is 1. The summed E-state index contributed by atoms with van der Waals surface area (Å²) in [5.41, 5.74) is 12.1. The molecular formula is C16H19N. The van der Waals surface area contributed by atoms with Gasteiger partial charge in [0.25, 0.3) is 0 Å². The molecule has 0 saturated carbocycles. The Labute approximate surface area is 103 Å². The topological polar surface area (TPSA) is 26.0 Å². The van der Waals surface area contributed by atoms with Gasteiger partial charge < -0.3 is 5.73 Å². The van der Waals surface area contributed by atoms with Crippen LogP contribution in [0.25, 0.3) is 5.57 Å². The summed E-state index contributed by atoms with van der Waals surface area (Å²) in [5, 5.41) is 0. The van der Waals surface area contributed by atoms with Crippen LogP contribution < -0.4 is 5.73 Å². The molecule has 1 nitrogen and oxygen atoms in total. The van der Waals surface area contributed by atoms with Crippen LogP contribution in [0.2, 0.25) is 0 Å².